The van der Waals surface area contributed by atoms with Crippen LogP contribution in [0.2, 0.25) is 0 Å². The molecule has 0 amide bonds. The summed E-state index contributed by atoms with van der Waals surface area (Å²) in [6.45, 7) is 2.07. The predicted octanol–water partition coefficient (Wildman–Crippen LogP) is 4.66. The average molecular weight is 324 g/mol. The van der Waals surface area contributed by atoms with Gasteiger partial charge in [0.15, 0.2) is 0 Å². The normalized spacial score (nSPS) is 20.7. The van der Waals surface area contributed by atoms with E-state index in [9.17, 15) is 4.79 Å². The first-order valence-corrected chi connectivity index (χ1v) is 8.72. The molecule has 0 N–H and O–H groups in total. The molecule has 0 fully saturated rings. The minimum absolute atomic E-state index is 0.0551. The molecule has 1 heterocycles. The number of ether oxygens (including phenoxy) is 1. The quantitative estimate of drug-likeness (QED) is 0.768. The van der Waals surface area contributed by atoms with Crippen LogP contribution in [0.15, 0.2) is 60.7 Å². The summed E-state index contributed by atoms with van der Waals surface area (Å²) in [6.07, 6.45) is 2.22. The Kier molecular flexibility index (Phi) is 4.87. The number of allylic oxidation sites excluding steroid dienone is 1. The number of carbonyl (C=O) groups excluding carboxylic acids is 1. The van der Waals surface area contributed by atoms with Crippen molar-refractivity contribution in [1.29, 1.82) is 0 Å². The van der Waals surface area contributed by atoms with Crippen molar-refractivity contribution in [3.05, 3.63) is 77.4 Å². The summed E-state index contributed by atoms with van der Waals surface area (Å²) in [4.78, 5) is 13.4. The fourth-order valence-corrected chi connectivity index (χ4v) is 4.12. The molecule has 0 saturated heterocycles. The van der Waals surface area contributed by atoms with E-state index in [1.54, 1.807) is 11.8 Å². The summed E-state index contributed by atoms with van der Waals surface area (Å²) in [5.74, 6) is 0.525. The molecular weight excluding hydrogens is 304 g/mol. The fourth-order valence-electron chi connectivity index (χ4n) is 2.88. The molecule has 0 bridgehead atoms. The first kappa shape index (κ1) is 15.9. The van der Waals surface area contributed by atoms with Gasteiger partial charge in [-0.3, -0.25) is 4.79 Å². The maximum Gasteiger partial charge on any atom is 0.310 e. The van der Waals surface area contributed by atoms with Crippen LogP contribution >= 0.6 is 11.8 Å². The zero-order valence-corrected chi connectivity index (χ0v) is 14.2. The van der Waals surface area contributed by atoms with Crippen LogP contribution in [-0.4, -0.2) is 18.8 Å². The van der Waals surface area contributed by atoms with Crippen molar-refractivity contribution in [2.75, 3.05) is 12.9 Å². The number of aryl methyl sites for hydroxylation is 1. The molecule has 2 aromatic rings. The van der Waals surface area contributed by atoms with Gasteiger partial charge in [-0.1, -0.05) is 66.2 Å². The van der Waals surface area contributed by atoms with Gasteiger partial charge in [-0.2, -0.15) is 0 Å². The van der Waals surface area contributed by atoms with Gasteiger partial charge in [0.05, 0.1) is 13.0 Å². The molecule has 0 spiro atoms. The van der Waals surface area contributed by atoms with E-state index in [4.69, 9.17) is 4.74 Å². The Labute approximate surface area is 141 Å². The summed E-state index contributed by atoms with van der Waals surface area (Å²) < 4.78 is 5.02. The zero-order valence-electron chi connectivity index (χ0n) is 13.4. The molecule has 0 radical (unpaired) electrons. The molecule has 1 aliphatic rings. The minimum atomic E-state index is -0.139. The number of benzene rings is 2. The van der Waals surface area contributed by atoms with Gasteiger partial charge in [-0.05, 0) is 18.1 Å². The van der Waals surface area contributed by atoms with Crippen LogP contribution in [0.1, 0.15) is 22.6 Å². The van der Waals surface area contributed by atoms with Crippen LogP contribution in [0.4, 0.5) is 0 Å². The van der Waals surface area contributed by atoms with E-state index in [1.807, 2.05) is 18.2 Å². The summed E-state index contributed by atoms with van der Waals surface area (Å²) >= 11 is 1.73. The second-order valence-corrected chi connectivity index (χ2v) is 6.84. The van der Waals surface area contributed by atoms with Crippen LogP contribution in [0, 0.1) is 12.8 Å². The van der Waals surface area contributed by atoms with Gasteiger partial charge in [-0.25, -0.2) is 0 Å². The molecule has 118 valence electrons. The molecule has 3 heteroatoms. The Morgan fingerprint density at radius 1 is 1.09 bits per heavy atom. The third-order valence-corrected chi connectivity index (χ3v) is 5.42. The molecule has 2 aromatic carbocycles. The third kappa shape index (κ3) is 3.50. The van der Waals surface area contributed by atoms with Gasteiger partial charge in [-0.15, -0.1) is 11.8 Å². The van der Waals surface area contributed by atoms with Crippen molar-refractivity contribution in [2.45, 2.75) is 12.8 Å². The molecule has 2 nitrogen and oxygen atoms in total. The highest BCUT2D eigenvalue weighted by atomic mass is 32.2. The van der Waals surface area contributed by atoms with Crippen LogP contribution < -0.4 is 0 Å². The zero-order chi connectivity index (χ0) is 16.2. The van der Waals surface area contributed by atoms with Gasteiger partial charge >= 0.3 is 5.97 Å². The van der Waals surface area contributed by atoms with Gasteiger partial charge in [0.1, 0.15) is 0 Å². The van der Waals surface area contributed by atoms with Crippen LogP contribution in [0.3, 0.4) is 0 Å². The second-order valence-electron chi connectivity index (χ2n) is 5.77. The van der Waals surface area contributed by atoms with E-state index in [0.717, 1.165) is 5.75 Å². The number of esters is 1. The number of rotatable bonds is 3. The van der Waals surface area contributed by atoms with Crippen molar-refractivity contribution < 1.29 is 9.53 Å². The van der Waals surface area contributed by atoms with E-state index >= 15 is 0 Å². The van der Waals surface area contributed by atoms with E-state index in [2.05, 4.69) is 49.4 Å². The average Bonchev–Trinajstić information content (AvgIpc) is 2.62. The lowest BCUT2D eigenvalue weighted by atomic mass is 9.85. The third-order valence-electron chi connectivity index (χ3n) is 4.21. The lowest BCUT2D eigenvalue weighted by Gasteiger charge is -2.28. The maximum atomic E-state index is 12.2. The standard InChI is InChI=1S/C20H20O2S/c1-14-8-10-15(11-9-14)17-12-19(16-6-4-3-5-7-16)23-13-18(17)20(21)22-2/h3-12,17-18H,13H2,1-2H3. The predicted molar refractivity (Wildman–Crippen MR) is 96.3 cm³/mol. The molecule has 2 atom stereocenters. The molecule has 23 heavy (non-hydrogen) atoms. The van der Waals surface area contributed by atoms with Crippen molar-refractivity contribution >= 4 is 22.6 Å². The number of hydrogen-bond donors (Lipinski definition) is 0. The topological polar surface area (TPSA) is 26.3 Å². The van der Waals surface area contributed by atoms with Crippen molar-refractivity contribution in [3.8, 4) is 0 Å². The summed E-state index contributed by atoms with van der Waals surface area (Å²) in [5, 5.41) is 0. The smallest absolute Gasteiger partial charge is 0.310 e. The maximum absolute atomic E-state index is 12.2. The van der Waals surface area contributed by atoms with Gasteiger partial charge in [0.25, 0.3) is 0 Å². The highest BCUT2D eigenvalue weighted by Gasteiger charge is 2.33. The molecule has 0 saturated carbocycles. The van der Waals surface area contributed by atoms with E-state index in [1.165, 1.54) is 28.7 Å². The Morgan fingerprint density at radius 2 is 1.78 bits per heavy atom. The molecular formula is C20H20O2S. The highest BCUT2D eigenvalue weighted by molar-refractivity contribution is 8.08. The number of carbonyl (C=O) groups is 1. The Balaban J connectivity index is 2.00. The first-order valence-electron chi connectivity index (χ1n) is 7.73. The van der Waals surface area contributed by atoms with Crippen LogP contribution in [0.5, 0.6) is 0 Å². The van der Waals surface area contributed by atoms with Crippen molar-refractivity contribution in [1.82, 2.24) is 0 Å². The number of methoxy groups -OCH3 is 1. The lowest BCUT2D eigenvalue weighted by molar-refractivity contribution is -0.145. The molecule has 3 rings (SSSR count). The van der Waals surface area contributed by atoms with E-state index in [-0.39, 0.29) is 17.8 Å². The minimum Gasteiger partial charge on any atom is -0.469 e. The molecule has 1 aliphatic heterocycles. The Bertz CT molecular complexity index is 704. The van der Waals surface area contributed by atoms with Crippen molar-refractivity contribution in [3.63, 3.8) is 0 Å². The molecule has 2 unspecified atom stereocenters. The number of thioether (sulfide) groups is 1. The first-order chi connectivity index (χ1) is 11.2. The molecule has 0 aliphatic carbocycles. The van der Waals surface area contributed by atoms with Crippen LogP contribution in [-0.2, 0) is 9.53 Å². The summed E-state index contributed by atoms with van der Waals surface area (Å²) in [5.41, 5.74) is 3.60. The lowest BCUT2D eigenvalue weighted by Crippen LogP contribution is -2.27. The van der Waals surface area contributed by atoms with Gasteiger partial charge in [0, 0.05) is 16.6 Å². The summed E-state index contributed by atoms with van der Waals surface area (Å²) in [6, 6.07) is 18.8. The monoisotopic (exact) mass is 324 g/mol. The van der Waals surface area contributed by atoms with Gasteiger partial charge < -0.3 is 4.74 Å². The SMILES string of the molecule is COC(=O)C1CSC(c2ccccc2)=CC1c1ccc(C)cc1. The van der Waals surface area contributed by atoms with E-state index in [0.29, 0.717) is 0 Å². The van der Waals surface area contributed by atoms with Gasteiger partial charge in [0.2, 0.25) is 0 Å². The fraction of sp³-hybridized carbons (Fsp3) is 0.250. The summed E-state index contributed by atoms with van der Waals surface area (Å²) in [7, 11) is 1.47. The second kappa shape index (κ2) is 7.05. The largest absolute Gasteiger partial charge is 0.469 e. The Hall–Kier alpha value is -2.00. The van der Waals surface area contributed by atoms with E-state index < -0.39 is 0 Å². The Morgan fingerprint density at radius 3 is 2.43 bits per heavy atom. The molecule has 0 aromatic heterocycles. The highest BCUT2D eigenvalue weighted by Crippen LogP contribution is 2.42. The van der Waals surface area contributed by atoms with Crippen LogP contribution in [0.25, 0.3) is 4.91 Å². The van der Waals surface area contributed by atoms with Crippen molar-refractivity contribution in [2.24, 2.45) is 5.92 Å². The number of hydrogen-bond acceptors (Lipinski definition) is 3.